The first-order chi connectivity index (χ1) is 6.08. The zero-order valence-electron chi connectivity index (χ0n) is 7.04. The number of sulfonamides is 1. The summed E-state index contributed by atoms with van der Waals surface area (Å²) in [6, 6.07) is 0. The topological polar surface area (TPSA) is 74.8 Å². The van der Waals surface area contributed by atoms with Crippen molar-refractivity contribution in [1.29, 1.82) is 0 Å². The summed E-state index contributed by atoms with van der Waals surface area (Å²) in [6.45, 7) is 2.03. The van der Waals surface area contributed by atoms with Gasteiger partial charge in [0.15, 0.2) is 0 Å². The minimum absolute atomic E-state index is 0.202. The summed E-state index contributed by atoms with van der Waals surface area (Å²) in [6.07, 6.45) is 1.30. The van der Waals surface area contributed by atoms with Crippen molar-refractivity contribution in [2.24, 2.45) is 0 Å². The van der Waals surface area contributed by atoms with Crippen molar-refractivity contribution in [2.45, 2.75) is 11.8 Å². The van der Waals surface area contributed by atoms with Crippen LogP contribution in [0.3, 0.4) is 0 Å². The second kappa shape index (κ2) is 4.21. The first-order valence-electron chi connectivity index (χ1n) is 3.63. The summed E-state index contributed by atoms with van der Waals surface area (Å²) in [4.78, 5) is 0.202. The number of aromatic nitrogens is 2. The lowest BCUT2D eigenvalue weighted by Crippen LogP contribution is -2.25. The maximum atomic E-state index is 11.5. The highest BCUT2D eigenvalue weighted by atomic mass is 79.9. The van der Waals surface area contributed by atoms with E-state index >= 15 is 0 Å². The van der Waals surface area contributed by atoms with Gasteiger partial charge in [0.1, 0.15) is 4.90 Å². The van der Waals surface area contributed by atoms with Crippen LogP contribution >= 0.6 is 15.9 Å². The molecule has 7 heteroatoms. The van der Waals surface area contributed by atoms with E-state index in [2.05, 4.69) is 30.8 Å². The van der Waals surface area contributed by atoms with E-state index in [0.717, 1.165) is 0 Å². The van der Waals surface area contributed by atoms with Gasteiger partial charge in [0, 0.05) is 11.9 Å². The SMILES string of the molecule is Cc1[nH]ncc1S(=O)(=O)NCCBr. The van der Waals surface area contributed by atoms with Gasteiger partial charge in [0.05, 0.1) is 11.9 Å². The summed E-state index contributed by atoms with van der Waals surface area (Å²) >= 11 is 3.13. The molecule has 2 N–H and O–H groups in total. The molecule has 1 aromatic rings. The largest absolute Gasteiger partial charge is 0.281 e. The van der Waals surface area contributed by atoms with Gasteiger partial charge in [-0.3, -0.25) is 5.10 Å². The molecule has 0 atom stereocenters. The number of H-pyrrole nitrogens is 1. The van der Waals surface area contributed by atoms with Gasteiger partial charge < -0.3 is 0 Å². The molecule has 0 bridgehead atoms. The van der Waals surface area contributed by atoms with Gasteiger partial charge in [-0.05, 0) is 6.92 Å². The van der Waals surface area contributed by atoms with Crippen LogP contribution in [0.2, 0.25) is 0 Å². The molecule has 5 nitrogen and oxygen atoms in total. The van der Waals surface area contributed by atoms with E-state index < -0.39 is 10.0 Å². The van der Waals surface area contributed by atoms with Crippen LogP contribution in [-0.4, -0.2) is 30.5 Å². The highest BCUT2D eigenvalue weighted by Gasteiger charge is 2.17. The fourth-order valence-corrected chi connectivity index (χ4v) is 2.49. The Labute approximate surface area is 85.1 Å². The van der Waals surface area contributed by atoms with E-state index in [1.54, 1.807) is 6.92 Å². The predicted molar refractivity (Wildman–Crippen MR) is 52.3 cm³/mol. The van der Waals surface area contributed by atoms with E-state index in [1.807, 2.05) is 0 Å². The molecule has 13 heavy (non-hydrogen) atoms. The van der Waals surface area contributed by atoms with Crippen molar-refractivity contribution in [3.8, 4) is 0 Å². The first-order valence-corrected chi connectivity index (χ1v) is 6.24. The van der Waals surface area contributed by atoms with Crippen LogP contribution in [-0.2, 0) is 10.0 Å². The third-order valence-electron chi connectivity index (χ3n) is 1.46. The van der Waals surface area contributed by atoms with Gasteiger partial charge in [-0.1, -0.05) is 15.9 Å². The molecule has 0 aromatic carbocycles. The average molecular weight is 268 g/mol. The number of halogens is 1. The Morgan fingerprint density at radius 2 is 2.38 bits per heavy atom. The number of rotatable bonds is 4. The molecule has 74 valence electrons. The van der Waals surface area contributed by atoms with E-state index in [0.29, 0.717) is 17.6 Å². The van der Waals surface area contributed by atoms with Crippen molar-refractivity contribution in [1.82, 2.24) is 14.9 Å². The predicted octanol–water partition coefficient (Wildman–Crippen LogP) is 0.391. The van der Waals surface area contributed by atoms with Crippen molar-refractivity contribution in [3.05, 3.63) is 11.9 Å². The molecule has 0 unspecified atom stereocenters. The molecule has 0 aliphatic carbocycles. The van der Waals surface area contributed by atoms with Crippen molar-refractivity contribution in [2.75, 3.05) is 11.9 Å². The van der Waals surface area contributed by atoms with Gasteiger partial charge in [-0.15, -0.1) is 0 Å². The number of hydrogen-bond acceptors (Lipinski definition) is 3. The molecule has 0 spiro atoms. The Morgan fingerprint density at radius 3 is 2.85 bits per heavy atom. The Kier molecular flexibility index (Phi) is 3.46. The highest BCUT2D eigenvalue weighted by molar-refractivity contribution is 9.09. The van der Waals surface area contributed by atoms with Crippen LogP contribution in [0, 0.1) is 6.92 Å². The number of aromatic amines is 1. The standard InChI is InChI=1S/C6H10BrN3O2S/c1-5-6(4-8-10-5)13(11,12)9-3-2-7/h4,9H,2-3H2,1H3,(H,8,10). The van der Waals surface area contributed by atoms with Crippen LogP contribution in [0.4, 0.5) is 0 Å². The normalized spacial score (nSPS) is 11.8. The van der Waals surface area contributed by atoms with Gasteiger partial charge in [0.25, 0.3) is 0 Å². The molecule has 0 aliphatic rings. The van der Waals surface area contributed by atoms with Crippen molar-refractivity contribution in [3.63, 3.8) is 0 Å². The summed E-state index contributed by atoms with van der Waals surface area (Å²) in [7, 11) is -3.38. The monoisotopic (exact) mass is 267 g/mol. The third kappa shape index (κ3) is 2.52. The number of aryl methyl sites for hydroxylation is 1. The molecule has 0 fully saturated rings. The molecule has 1 aromatic heterocycles. The Morgan fingerprint density at radius 1 is 1.69 bits per heavy atom. The van der Waals surface area contributed by atoms with Gasteiger partial charge in [0.2, 0.25) is 10.0 Å². The number of nitrogens with one attached hydrogen (secondary N) is 2. The lowest BCUT2D eigenvalue weighted by molar-refractivity contribution is 0.584. The number of hydrogen-bond donors (Lipinski definition) is 2. The lowest BCUT2D eigenvalue weighted by atomic mass is 10.5. The summed E-state index contributed by atoms with van der Waals surface area (Å²) < 4.78 is 25.4. The summed E-state index contributed by atoms with van der Waals surface area (Å²) in [5.74, 6) is 0. The fourth-order valence-electron chi connectivity index (χ4n) is 0.861. The molecule has 1 heterocycles. The van der Waals surface area contributed by atoms with E-state index in [1.165, 1.54) is 6.20 Å². The molecular formula is C6H10BrN3O2S. The smallest absolute Gasteiger partial charge is 0.243 e. The van der Waals surface area contributed by atoms with Crippen molar-refractivity contribution < 1.29 is 8.42 Å². The zero-order chi connectivity index (χ0) is 9.90. The quantitative estimate of drug-likeness (QED) is 0.776. The van der Waals surface area contributed by atoms with Crippen LogP contribution in [0.5, 0.6) is 0 Å². The lowest BCUT2D eigenvalue weighted by Gasteiger charge is -2.02. The molecule has 0 radical (unpaired) electrons. The fraction of sp³-hybridized carbons (Fsp3) is 0.500. The number of nitrogens with zero attached hydrogens (tertiary/aromatic N) is 1. The average Bonchev–Trinajstić information content (AvgIpc) is 2.48. The second-order valence-corrected chi connectivity index (χ2v) is 4.97. The summed E-state index contributed by atoms with van der Waals surface area (Å²) in [5.41, 5.74) is 0.544. The molecule has 1 rings (SSSR count). The van der Waals surface area contributed by atoms with E-state index in [9.17, 15) is 8.42 Å². The highest BCUT2D eigenvalue weighted by Crippen LogP contribution is 2.09. The van der Waals surface area contributed by atoms with Crippen molar-refractivity contribution >= 4 is 26.0 Å². The van der Waals surface area contributed by atoms with E-state index in [4.69, 9.17) is 0 Å². The zero-order valence-corrected chi connectivity index (χ0v) is 9.44. The maximum Gasteiger partial charge on any atom is 0.243 e. The maximum absolute atomic E-state index is 11.5. The molecule has 0 aliphatic heterocycles. The minimum atomic E-state index is -3.38. The van der Waals surface area contributed by atoms with Gasteiger partial charge in [-0.2, -0.15) is 5.10 Å². The van der Waals surface area contributed by atoms with E-state index in [-0.39, 0.29) is 4.90 Å². The van der Waals surface area contributed by atoms with Gasteiger partial charge >= 0.3 is 0 Å². The van der Waals surface area contributed by atoms with Crippen LogP contribution in [0.25, 0.3) is 0 Å². The first kappa shape index (κ1) is 10.7. The minimum Gasteiger partial charge on any atom is -0.281 e. The van der Waals surface area contributed by atoms with Crippen LogP contribution < -0.4 is 4.72 Å². The Bertz CT molecular complexity index is 373. The molecular weight excluding hydrogens is 258 g/mol. The third-order valence-corrected chi connectivity index (χ3v) is 3.43. The van der Waals surface area contributed by atoms with Gasteiger partial charge in [-0.25, -0.2) is 13.1 Å². The molecule has 0 saturated heterocycles. The Balaban J connectivity index is 2.88. The molecule has 0 saturated carbocycles. The Hall–Kier alpha value is -0.400. The van der Waals surface area contributed by atoms with Crippen LogP contribution in [0.15, 0.2) is 11.1 Å². The summed E-state index contributed by atoms with van der Waals surface area (Å²) in [5, 5.41) is 6.80. The molecule has 0 amide bonds. The second-order valence-electron chi connectivity index (χ2n) is 2.45. The number of alkyl halides is 1. The van der Waals surface area contributed by atoms with Crippen LogP contribution in [0.1, 0.15) is 5.69 Å².